The summed E-state index contributed by atoms with van der Waals surface area (Å²) in [5.74, 6) is -0.118. The molecular weight excluding hydrogens is 262 g/mol. The number of nitrogens with one attached hydrogen (secondary N) is 1. The van der Waals surface area contributed by atoms with Crippen LogP contribution in [0.1, 0.15) is 32.3 Å². The number of rotatable bonds is 7. The van der Waals surface area contributed by atoms with Crippen LogP contribution in [0.4, 0.5) is 5.69 Å². The number of aryl methyl sites for hydroxylation is 1. The Hall–Kier alpha value is -2.03. The van der Waals surface area contributed by atoms with Crippen LogP contribution >= 0.6 is 0 Å². The Labute approximate surface area is 126 Å². The summed E-state index contributed by atoms with van der Waals surface area (Å²) in [5.41, 5.74) is 2.50. The minimum Gasteiger partial charge on any atom is -0.466 e. The van der Waals surface area contributed by atoms with Crippen molar-refractivity contribution in [1.82, 2.24) is 0 Å². The third-order valence-electron chi connectivity index (χ3n) is 3.56. The predicted octanol–water partition coefficient (Wildman–Crippen LogP) is 4.16. The van der Waals surface area contributed by atoms with Gasteiger partial charge in [0.2, 0.25) is 0 Å². The summed E-state index contributed by atoms with van der Waals surface area (Å²) in [6, 6.07) is 12.7. The lowest BCUT2D eigenvalue weighted by atomic mass is 10.0. The number of hydrogen-bond acceptors (Lipinski definition) is 3. The number of carbonyl (C=O) groups is 1. The van der Waals surface area contributed by atoms with Gasteiger partial charge >= 0.3 is 5.97 Å². The van der Waals surface area contributed by atoms with E-state index in [4.69, 9.17) is 4.74 Å². The molecule has 1 N–H and O–H groups in total. The highest BCUT2D eigenvalue weighted by atomic mass is 16.5. The molecule has 0 bridgehead atoms. The van der Waals surface area contributed by atoms with Crippen LogP contribution in [0.3, 0.4) is 0 Å². The summed E-state index contributed by atoms with van der Waals surface area (Å²) in [6.07, 6.45) is 2.24. The van der Waals surface area contributed by atoms with Crippen LogP contribution in [0, 0.1) is 0 Å². The molecule has 0 fully saturated rings. The number of benzene rings is 2. The average molecular weight is 285 g/mol. The first-order chi connectivity index (χ1) is 10.3. The van der Waals surface area contributed by atoms with Gasteiger partial charge in [-0.25, -0.2) is 0 Å². The van der Waals surface area contributed by atoms with Gasteiger partial charge in [0, 0.05) is 24.0 Å². The molecule has 0 saturated carbocycles. The molecule has 0 heterocycles. The smallest absolute Gasteiger partial charge is 0.305 e. The fraction of sp³-hybridized carbons (Fsp3) is 0.389. The summed E-state index contributed by atoms with van der Waals surface area (Å²) in [7, 11) is 0. The summed E-state index contributed by atoms with van der Waals surface area (Å²) in [6.45, 7) is 5.23. The SMILES string of the molecule is CCOC(=O)CCCNc1c(CC)ccc2ccccc12. The largest absolute Gasteiger partial charge is 0.466 e. The van der Waals surface area contributed by atoms with Crippen molar-refractivity contribution in [2.75, 3.05) is 18.5 Å². The van der Waals surface area contributed by atoms with Crippen molar-refractivity contribution in [3.63, 3.8) is 0 Å². The zero-order chi connectivity index (χ0) is 15.1. The third-order valence-corrected chi connectivity index (χ3v) is 3.56. The topological polar surface area (TPSA) is 38.3 Å². The quantitative estimate of drug-likeness (QED) is 0.613. The van der Waals surface area contributed by atoms with Gasteiger partial charge in [0.05, 0.1) is 6.61 Å². The lowest BCUT2D eigenvalue weighted by molar-refractivity contribution is -0.143. The number of ether oxygens (including phenoxy) is 1. The maximum atomic E-state index is 11.3. The van der Waals surface area contributed by atoms with Crippen molar-refractivity contribution >= 4 is 22.4 Å². The predicted molar refractivity (Wildman–Crippen MR) is 87.7 cm³/mol. The first kappa shape index (κ1) is 15.4. The maximum Gasteiger partial charge on any atom is 0.305 e. The normalized spacial score (nSPS) is 10.6. The molecule has 0 radical (unpaired) electrons. The van der Waals surface area contributed by atoms with Crippen molar-refractivity contribution in [1.29, 1.82) is 0 Å². The van der Waals surface area contributed by atoms with E-state index in [0.717, 1.165) is 19.4 Å². The number of hydrogen-bond donors (Lipinski definition) is 1. The van der Waals surface area contributed by atoms with Crippen LogP contribution in [-0.4, -0.2) is 19.1 Å². The molecule has 2 rings (SSSR count). The van der Waals surface area contributed by atoms with E-state index < -0.39 is 0 Å². The van der Waals surface area contributed by atoms with E-state index in [1.165, 1.54) is 22.0 Å². The standard InChI is InChI=1S/C18H23NO2/c1-3-14-11-12-15-8-5-6-9-16(15)18(14)19-13-7-10-17(20)21-4-2/h5-6,8-9,11-12,19H,3-4,7,10,13H2,1-2H3. The zero-order valence-corrected chi connectivity index (χ0v) is 12.8. The average Bonchev–Trinajstić information content (AvgIpc) is 2.51. The highest BCUT2D eigenvalue weighted by Crippen LogP contribution is 2.28. The van der Waals surface area contributed by atoms with Crippen molar-refractivity contribution in [2.24, 2.45) is 0 Å². The van der Waals surface area contributed by atoms with E-state index in [9.17, 15) is 4.79 Å². The second kappa shape index (κ2) is 7.67. The summed E-state index contributed by atoms with van der Waals surface area (Å²) < 4.78 is 4.94. The van der Waals surface area contributed by atoms with Gasteiger partial charge in [-0.2, -0.15) is 0 Å². The Balaban J connectivity index is 2.05. The second-order valence-corrected chi connectivity index (χ2v) is 5.01. The van der Waals surface area contributed by atoms with Gasteiger partial charge in [0.15, 0.2) is 0 Å². The molecule has 2 aromatic rings. The fourth-order valence-electron chi connectivity index (χ4n) is 2.50. The van der Waals surface area contributed by atoms with E-state index in [2.05, 4.69) is 48.6 Å². The first-order valence-corrected chi connectivity index (χ1v) is 7.66. The molecule has 0 aliphatic rings. The Morgan fingerprint density at radius 1 is 1.14 bits per heavy atom. The van der Waals surface area contributed by atoms with Crippen molar-refractivity contribution in [3.05, 3.63) is 42.0 Å². The molecule has 0 atom stereocenters. The van der Waals surface area contributed by atoms with Gasteiger partial charge in [-0.05, 0) is 30.7 Å². The van der Waals surface area contributed by atoms with E-state index in [0.29, 0.717) is 13.0 Å². The minimum atomic E-state index is -0.118. The summed E-state index contributed by atoms with van der Waals surface area (Å²) in [5, 5.41) is 5.98. The Bertz CT molecular complexity index is 607. The van der Waals surface area contributed by atoms with E-state index >= 15 is 0 Å². The third kappa shape index (κ3) is 3.97. The maximum absolute atomic E-state index is 11.3. The Morgan fingerprint density at radius 2 is 1.95 bits per heavy atom. The molecule has 0 aromatic heterocycles. The summed E-state index contributed by atoms with van der Waals surface area (Å²) in [4.78, 5) is 11.3. The number of anilines is 1. The Kier molecular flexibility index (Phi) is 5.61. The van der Waals surface area contributed by atoms with Gasteiger partial charge in [-0.1, -0.05) is 43.3 Å². The molecule has 0 saturated heterocycles. The highest BCUT2D eigenvalue weighted by Gasteiger charge is 2.06. The lowest BCUT2D eigenvalue weighted by Crippen LogP contribution is -2.09. The molecule has 0 aliphatic carbocycles. The Morgan fingerprint density at radius 3 is 2.71 bits per heavy atom. The van der Waals surface area contributed by atoms with Gasteiger partial charge in [-0.15, -0.1) is 0 Å². The molecule has 3 nitrogen and oxygen atoms in total. The number of esters is 1. The number of carbonyl (C=O) groups excluding carboxylic acids is 1. The zero-order valence-electron chi connectivity index (χ0n) is 12.8. The molecule has 21 heavy (non-hydrogen) atoms. The van der Waals surface area contributed by atoms with Crippen molar-refractivity contribution in [3.8, 4) is 0 Å². The monoisotopic (exact) mass is 285 g/mol. The molecule has 112 valence electrons. The van der Waals surface area contributed by atoms with E-state index in [-0.39, 0.29) is 5.97 Å². The van der Waals surface area contributed by atoms with Crippen LogP contribution in [0.15, 0.2) is 36.4 Å². The fourth-order valence-corrected chi connectivity index (χ4v) is 2.50. The molecule has 0 unspecified atom stereocenters. The second-order valence-electron chi connectivity index (χ2n) is 5.01. The van der Waals surface area contributed by atoms with E-state index in [1.807, 2.05) is 6.92 Å². The van der Waals surface area contributed by atoms with E-state index in [1.54, 1.807) is 0 Å². The van der Waals surface area contributed by atoms with Crippen molar-refractivity contribution < 1.29 is 9.53 Å². The van der Waals surface area contributed by atoms with Crippen LogP contribution < -0.4 is 5.32 Å². The van der Waals surface area contributed by atoms with Gasteiger partial charge in [0.1, 0.15) is 0 Å². The van der Waals surface area contributed by atoms with Gasteiger partial charge in [-0.3, -0.25) is 4.79 Å². The molecule has 0 aliphatic heterocycles. The van der Waals surface area contributed by atoms with Crippen LogP contribution in [0.5, 0.6) is 0 Å². The van der Waals surface area contributed by atoms with Crippen LogP contribution in [0.2, 0.25) is 0 Å². The molecule has 2 aromatic carbocycles. The molecule has 0 amide bonds. The minimum absolute atomic E-state index is 0.118. The lowest BCUT2D eigenvalue weighted by Gasteiger charge is -2.14. The first-order valence-electron chi connectivity index (χ1n) is 7.66. The van der Waals surface area contributed by atoms with Gasteiger partial charge < -0.3 is 10.1 Å². The van der Waals surface area contributed by atoms with Crippen LogP contribution in [-0.2, 0) is 16.0 Å². The molecule has 0 spiro atoms. The number of fused-ring (bicyclic) bond motifs is 1. The van der Waals surface area contributed by atoms with Gasteiger partial charge in [0.25, 0.3) is 0 Å². The van der Waals surface area contributed by atoms with Crippen LogP contribution in [0.25, 0.3) is 10.8 Å². The highest BCUT2D eigenvalue weighted by molar-refractivity contribution is 5.95. The summed E-state index contributed by atoms with van der Waals surface area (Å²) >= 11 is 0. The van der Waals surface area contributed by atoms with Crippen molar-refractivity contribution in [2.45, 2.75) is 33.1 Å². The molecule has 3 heteroatoms. The molecular formula is C18H23NO2.